The molecule has 0 amide bonds. The average Bonchev–Trinajstić information content (AvgIpc) is 2.41. The summed E-state index contributed by atoms with van der Waals surface area (Å²) >= 11 is 0. The van der Waals surface area contributed by atoms with Crippen molar-refractivity contribution in [3.63, 3.8) is 0 Å². The first kappa shape index (κ1) is 12.8. The van der Waals surface area contributed by atoms with E-state index in [0.29, 0.717) is 6.42 Å². The zero-order chi connectivity index (χ0) is 13.0. The van der Waals surface area contributed by atoms with Crippen LogP contribution >= 0.6 is 0 Å². The molecular weight excluding hydrogens is 220 g/mol. The lowest BCUT2D eigenvalue weighted by Gasteiger charge is -2.19. The second kappa shape index (κ2) is 5.83. The third-order valence-electron chi connectivity index (χ3n) is 3.47. The predicted octanol–water partition coefficient (Wildman–Crippen LogP) is 3.70. The summed E-state index contributed by atoms with van der Waals surface area (Å²) in [5, 5.41) is 10.3. The van der Waals surface area contributed by atoms with Crippen molar-refractivity contribution in [1.29, 1.82) is 0 Å². The van der Waals surface area contributed by atoms with Crippen molar-refractivity contribution in [3.8, 4) is 0 Å². The second-order valence-corrected chi connectivity index (χ2v) is 4.96. The minimum Gasteiger partial charge on any atom is -0.392 e. The van der Waals surface area contributed by atoms with Gasteiger partial charge in [-0.15, -0.1) is 0 Å². The second-order valence-electron chi connectivity index (χ2n) is 4.96. The van der Waals surface area contributed by atoms with Gasteiger partial charge in [0.15, 0.2) is 0 Å². The standard InChI is InChI=1S/C17H20O/c1-13-8-10-15(11-9-13)12-17(18)14(2)16-6-4-3-5-7-16/h3-11,14,17-18H,12H2,1-2H3. The Balaban J connectivity index is 2.03. The van der Waals surface area contributed by atoms with E-state index in [-0.39, 0.29) is 12.0 Å². The van der Waals surface area contributed by atoms with E-state index in [1.54, 1.807) is 0 Å². The molecule has 0 radical (unpaired) electrons. The predicted molar refractivity (Wildman–Crippen MR) is 75.7 cm³/mol. The number of hydrogen-bond donors (Lipinski definition) is 1. The van der Waals surface area contributed by atoms with E-state index in [2.05, 4.69) is 50.2 Å². The molecule has 2 rings (SSSR count). The molecule has 2 unspecified atom stereocenters. The molecule has 18 heavy (non-hydrogen) atoms. The smallest absolute Gasteiger partial charge is 0.0646 e. The highest BCUT2D eigenvalue weighted by molar-refractivity contribution is 5.24. The van der Waals surface area contributed by atoms with Crippen molar-refractivity contribution >= 4 is 0 Å². The van der Waals surface area contributed by atoms with Gasteiger partial charge < -0.3 is 5.11 Å². The molecule has 94 valence electrons. The number of hydrogen-bond acceptors (Lipinski definition) is 1. The first-order valence-electron chi connectivity index (χ1n) is 6.45. The minimum atomic E-state index is -0.338. The van der Waals surface area contributed by atoms with Gasteiger partial charge >= 0.3 is 0 Å². The fourth-order valence-electron chi connectivity index (χ4n) is 2.12. The third-order valence-corrected chi connectivity index (χ3v) is 3.47. The van der Waals surface area contributed by atoms with Crippen LogP contribution in [0.2, 0.25) is 0 Å². The molecule has 2 aromatic rings. The number of aryl methyl sites for hydroxylation is 1. The Kier molecular flexibility index (Phi) is 4.16. The van der Waals surface area contributed by atoms with Crippen molar-refractivity contribution in [2.24, 2.45) is 0 Å². The molecule has 0 heterocycles. The molecule has 0 saturated carbocycles. The van der Waals surface area contributed by atoms with Crippen molar-refractivity contribution in [2.75, 3.05) is 0 Å². The molecule has 0 spiro atoms. The molecule has 1 nitrogen and oxygen atoms in total. The average molecular weight is 240 g/mol. The van der Waals surface area contributed by atoms with Gasteiger partial charge in [-0.3, -0.25) is 0 Å². The zero-order valence-electron chi connectivity index (χ0n) is 11.0. The number of rotatable bonds is 4. The van der Waals surface area contributed by atoms with Gasteiger partial charge in [-0.05, 0) is 24.5 Å². The van der Waals surface area contributed by atoms with Gasteiger partial charge in [-0.25, -0.2) is 0 Å². The van der Waals surface area contributed by atoms with Crippen molar-refractivity contribution in [3.05, 3.63) is 71.3 Å². The van der Waals surface area contributed by atoms with Gasteiger partial charge in [0.2, 0.25) is 0 Å². The Morgan fingerprint density at radius 1 is 0.944 bits per heavy atom. The highest BCUT2D eigenvalue weighted by atomic mass is 16.3. The number of benzene rings is 2. The van der Waals surface area contributed by atoms with Crippen LogP contribution in [0.15, 0.2) is 54.6 Å². The molecule has 2 aromatic carbocycles. The quantitative estimate of drug-likeness (QED) is 0.864. The summed E-state index contributed by atoms with van der Waals surface area (Å²) in [6, 6.07) is 18.6. The lowest BCUT2D eigenvalue weighted by Crippen LogP contribution is -2.18. The largest absolute Gasteiger partial charge is 0.392 e. The molecule has 1 heteroatoms. The van der Waals surface area contributed by atoms with E-state index in [1.807, 2.05) is 18.2 Å². The summed E-state index contributed by atoms with van der Waals surface area (Å²) in [5.41, 5.74) is 3.64. The summed E-state index contributed by atoms with van der Waals surface area (Å²) in [7, 11) is 0. The third kappa shape index (κ3) is 3.21. The van der Waals surface area contributed by atoms with Crippen LogP contribution in [0.4, 0.5) is 0 Å². The number of aliphatic hydroxyl groups is 1. The van der Waals surface area contributed by atoms with Crippen LogP contribution in [0.5, 0.6) is 0 Å². The molecule has 0 aliphatic rings. The van der Waals surface area contributed by atoms with Crippen LogP contribution in [-0.4, -0.2) is 11.2 Å². The highest BCUT2D eigenvalue weighted by Crippen LogP contribution is 2.21. The molecule has 2 atom stereocenters. The summed E-state index contributed by atoms with van der Waals surface area (Å²) < 4.78 is 0. The van der Waals surface area contributed by atoms with Crippen LogP contribution in [0.25, 0.3) is 0 Å². The highest BCUT2D eigenvalue weighted by Gasteiger charge is 2.16. The SMILES string of the molecule is Cc1ccc(CC(O)C(C)c2ccccc2)cc1. The monoisotopic (exact) mass is 240 g/mol. The van der Waals surface area contributed by atoms with Crippen LogP contribution in [-0.2, 0) is 6.42 Å². The molecule has 0 aromatic heterocycles. The Morgan fingerprint density at radius 2 is 1.56 bits per heavy atom. The van der Waals surface area contributed by atoms with Gasteiger partial charge in [0.25, 0.3) is 0 Å². The molecular formula is C17H20O. The van der Waals surface area contributed by atoms with Crippen molar-refractivity contribution < 1.29 is 5.11 Å². The molecule has 0 saturated heterocycles. The lowest BCUT2D eigenvalue weighted by molar-refractivity contribution is 0.149. The van der Waals surface area contributed by atoms with Gasteiger partial charge in [0.05, 0.1) is 6.10 Å². The van der Waals surface area contributed by atoms with Crippen molar-refractivity contribution in [2.45, 2.75) is 32.3 Å². The van der Waals surface area contributed by atoms with E-state index in [1.165, 1.54) is 16.7 Å². The normalized spacial score (nSPS) is 14.2. The number of aliphatic hydroxyl groups excluding tert-OH is 1. The summed E-state index contributed by atoms with van der Waals surface area (Å²) in [4.78, 5) is 0. The Labute approximate surface area is 109 Å². The van der Waals surface area contributed by atoms with E-state index in [0.717, 1.165) is 0 Å². The Morgan fingerprint density at radius 3 is 2.17 bits per heavy atom. The first-order valence-corrected chi connectivity index (χ1v) is 6.45. The first-order chi connectivity index (χ1) is 8.66. The minimum absolute atomic E-state index is 0.160. The van der Waals surface area contributed by atoms with Crippen molar-refractivity contribution in [1.82, 2.24) is 0 Å². The van der Waals surface area contributed by atoms with Gasteiger partial charge in [-0.2, -0.15) is 0 Å². The van der Waals surface area contributed by atoms with Gasteiger partial charge in [0, 0.05) is 5.92 Å². The summed E-state index contributed by atoms with van der Waals surface area (Å²) in [6.07, 6.45) is 0.367. The maximum atomic E-state index is 10.3. The van der Waals surface area contributed by atoms with E-state index >= 15 is 0 Å². The van der Waals surface area contributed by atoms with E-state index in [9.17, 15) is 5.11 Å². The summed E-state index contributed by atoms with van der Waals surface area (Å²) in [5.74, 6) is 0.160. The maximum absolute atomic E-state index is 10.3. The van der Waals surface area contributed by atoms with Crippen LogP contribution in [0.1, 0.15) is 29.5 Å². The van der Waals surface area contributed by atoms with Gasteiger partial charge in [0.1, 0.15) is 0 Å². The summed E-state index contributed by atoms with van der Waals surface area (Å²) in [6.45, 7) is 4.15. The van der Waals surface area contributed by atoms with Crippen LogP contribution in [0.3, 0.4) is 0 Å². The Bertz CT molecular complexity index is 473. The fourth-order valence-corrected chi connectivity index (χ4v) is 2.12. The topological polar surface area (TPSA) is 20.2 Å². The lowest BCUT2D eigenvalue weighted by atomic mass is 9.91. The molecule has 0 aliphatic heterocycles. The molecule has 0 fully saturated rings. The maximum Gasteiger partial charge on any atom is 0.0646 e. The fraction of sp³-hybridized carbons (Fsp3) is 0.294. The van der Waals surface area contributed by atoms with Crippen LogP contribution < -0.4 is 0 Å². The van der Waals surface area contributed by atoms with E-state index in [4.69, 9.17) is 0 Å². The van der Waals surface area contributed by atoms with Gasteiger partial charge in [-0.1, -0.05) is 67.1 Å². The molecule has 1 N–H and O–H groups in total. The van der Waals surface area contributed by atoms with E-state index < -0.39 is 0 Å². The molecule has 0 aliphatic carbocycles. The molecule has 0 bridgehead atoms. The Hall–Kier alpha value is -1.60. The zero-order valence-corrected chi connectivity index (χ0v) is 11.0. The van der Waals surface area contributed by atoms with Crippen LogP contribution in [0, 0.1) is 6.92 Å².